The molecule has 0 amide bonds. The molecule has 3 heteroatoms. The summed E-state index contributed by atoms with van der Waals surface area (Å²) in [5.41, 5.74) is 4.29. The first-order valence-electron chi connectivity index (χ1n) is 10.5. The number of carboxylic acid groups (broad SMARTS) is 1. The van der Waals surface area contributed by atoms with E-state index in [1.807, 2.05) is 24.3 Å². The number of hydrogen-bond donors (Lipinski definition) is 1. The average Bonchev–Trinajstić information content (AvgIpc) is 2.72. The number of aliphatic carboxylic acids is 1. The highest BCUT2D eigenvalue weighted by Gasteiger charge is 2.26. The van der Waals surface area contributed by atoms with E-state index < -0.39 is 11.9 Å². The van der Waals surface area contributed by atoms with Gasteiger partial charge in [-0.05, 0) is 40.7 Å². The van der Waals surface area contributed by atoms with Gasteiger partial charge in [-0.25, -0.2) is 0 Å². The van der Waals surface area contributed by atoms with Crippen molar-refractivity contribution in [3.63, 3.8) is 0 Å². The fourth-order valence-electron chi connectivity index (χ4n) is 3.74. The highest BCUT2D eigenvalue weighted by Crippen LogP contribution is 2.33. The van der Waals surface area contributed by atoms with Crippen LogP contribution in [-0.4, -0.2) is 11.1 Å². The SMILES string of the molecule is CC(C)(C)CC(C(=O)O)c1cccc(N(Cc2ccccc2)Cc2ccccc2)c1. The van der Waals surface area contributed by atoms with Crippen molar-refractivity contribution < 1.29 is 9.90 Å². The Balaban J connectivity index is 1.94. The van der Waals surface area contributed by atoms with E-state index in [0.717, 1.165) is 24.3 Å². The van der Waals surface area contributed by atoms with Crippen molar-refractivity contribution >= 4 is 11.7 Å². The van der Waals surface area contributed by atoms with E-state index in [-0.39, 0.29) is 5.41 Å². The molecule has 1 unspecified atom stereocenters. The lowest BCUT2D eigenvalue weighted by atomic mass is 9.81. The first kappa shape index (κ1) is 21.6. The van der Waals surface area contributed by atoms with E-state index in [1.54, 1.807) is 0 Å². The Kier molecular flexibility index (Phi) is 6.94. The van der Waals surface area contributed by atoms with Crippen LogP contribution >= 0.6 is 0 Å². The molecule has 1 N–H and O–H groups in total. The van der Waals surface area contributed by atoms with Gasteiger partial charge in [0.15, 0.2) is 0 Å². The lowest BCUT2D eigenvalue weighted by Gasteiger charge is -2.28. The lowest BCUT2D eigenvalue weighted by Crippen LogP contribution is -2.23. The maximum Gasteiger partial charge on any atom is 0.310 e. The molecule has 1 atom stereocenters. The van der Waals surface area contributed by atoms with Crippen molar-refractivity contribution in [2.24, 2.45) is 5.41 Å². The third-order valence-corrected chi connectivity index (χ3v) is 5.18. The summed E-state index contributed by atoms with van der Waals surface area (Å²) in [6.45, 7) is 7.78. The van der Waals surface area contributed by atoms with Gasteiger partial charge in [0.1, 0.15) is 0 Å². The predicted octanol–water partition coefficient (Wildman–Crippen LogP) is 6.50. The second kappa shape index (κ2) is 9.62. The van der Waals surface area contributed by atoms with E-state index in [9.17, 15) is 9.90 Å². The third-order valence-electron chi connectivity index (χ3n) is 5.18. The van der Waals surface area contributed by atoms with Crippen LogP contribution in [0.2, 0.25) is 0 Å². The van der Waals surface area contributed by atoms with Gasteiger partial charge in [-0.1, -0.05) is 93.6 Å². The molecular formula is C27H31NO2. The molecule has 156 valence electrons. The summed E-state index contributed by atoms with van der Waals surface area (Å²) >= 11 is 0. The van der Waals surface area contributed by atoms with Crippen LogP contribution < -0.4 is 4.90 Å². The van der Waals surface area contributed by atoms with Crippen molar-refractivity contribution in [1.29, 1.82) is 0 Å². The average molecular weight is 402 g/mol. The van der Waals surface area contributed by atoms with Crippen molar-refractivity contribution in [2.75, 3.05) is 4.90 Å². The minimum Gasteiger partial charge on any atom is -0.481 e. The molecule has 3 aromatic carbocycles. The molecule has 0 saturated heterocycles. The van der Waals surface area contributed by atoms with Crippen LogP contribution in [-0.2, 0) is 17.9 Å². The van der Waals surface area contributed by atoms with Crippen LogP contribution in [0.5, 0.6) is 0 Å². The minimum absolute atomic E-state index is 0.0627. The summed E-state index contributed by atoms with van der Waals surface area (Å²) in [6.07, 6.45) is 0.600. The quantitative estimate of drug-likeness (QED) is 0.468. The topological polar surface area (TPSA) is 40.5 Å². The van der Waals surface area contributed by atoms with Gasteiger partial charge in [0.05, 0.1) is 5.92 Å². The number of nitrogens with zero attached hydrogens (tertiary/aromatic N) is 1. The third kappa shape index (κ3) is 6.21. The molecule has 30 heavy (non-hydrogen) atoms. The molecule has 0 aliphatic rings. The van der Waals surface area contributed by atoms with Gasteiger partial charge < -0.3 is 10.0 Å². The minimum atomic E-state index is -0.764. The Morgan fingerprint density at radius 3 is 1.83 bits per heavy atom. The molecule has 0 heterocycles. The van der Waals surface area contributed by atoms with Crippen LogP contribution in [0, 0.1) is 5.41 Å². The zero-order chi connectivity index (χ0) is 21.6. The molecule has 0 aliphatic carbocycles. The van der Waals surface area contributed by atoms with Crippen molar-refractivity contribution in [3.8, 4) is 0 Å². The normalized spacial score (nSPS) is 12.4. The first-order valence-corrected chi connectivity index (χ1v) is 10.5. The molecule has 0 aliphatic heterocycles. The Hall–Kier alpha value is -3.07. The number of hydrogen-bond acceptors (Lipinski definition) is 2. The van der Waals surface area contributed by atoms with Crippen molar-refractivity contribution in [2.45, 2.75) is 46.2 Å². The van der Waals surface area contributed by atoms with Crippen LogP contribution in [0.4, 0.5) is 5.69 Å². The maximum atomic E-state index is 12.0. The number of anilines is 1. The smallest absolute Gasteiger partial charge is 0.310 e. The van der Waals surface area contributed by atoms with Crippen LogP contribution in [0.25, 0.3) is 0 Å². The lowest BCUT2D eigenvalue weighted by molar-refractivity contribution is -0.139. The van der Waals surface area contributed by atoms with Crippen LogP contribution in [0.3, 0.4) is 0 Å². The highest BCUT2D eigenvalue weighted by molar-refractivity contribution is 5.76. The van der Waals surface area contributed by atoms with Crippen LogP contribution in [0.1, 0.15) is 49.8 Å². The molecule has 0 spiro atoms. The fraction of sp³-hybridized carbons (Fsp3) is 0.296. The molecule has 0 saturated carbocycles. The Bertz CT molecular complexity index is 904. The second-order valence-corrected chi connectivity index (χ2v) is 9.08. The van der Waals surface area contributed by atoms with Gasteiger partial charge >= 0.3 is 5.97 Å². The largest absolute Gasteiger partial charge is 0.481 e. The molecule has 0 fully saturated rings. The summed E-state index contributed by atoms with van der Waals surface area (Å²) in [5.74, 6) is -1.28. The molecule has 0 aromatic heterocycles. The van der Waals surface area contributed by atoms with Gasteiger partial charge in [-0.3, -0.25) is 4.79 Å². The van der Waals surface area contributed by atoms with E-state index in [2.05, 4.69) is 86.3 Å². The Morgan fingerprint density at radius 2 is 1.37 bits per heavy atom. The number of carboxylic acids is 1. The standard InChI is InChI=1S/C27H31NO2/c1-27(2,3)18-25(26(29)30)23-15-10-16-24(17-23)28(19-21-11-6-4-7-12-21)20-22-13-8-5-9-14-22/h4-17,25H,18-20H2,1-3H3,(H,29,30). The summed E-state index contributed by atoms with van der Waals surface area (Å²) in [7, 11) is 0. The molecule has 3 aromatic rings. The highest BCUT2D eigenvalue weighted by atomic mass is 16.4. The van der Waals surface area contributed by atoms with Gasteiger partial charge in [0.25, 0.3) is 0 Å². The zero-order valence-electron chi connectivity index (χ0n) is 18.1. The summed E-state index contributed by atoms with van der Waals surface area (Å²) in [5, 5.41) is 9.88. The fourth-order valence-corrected chi connectivity index (χ4v) is 3.74. The summed E-state index contributed by atoms with van der Waals surface area (Å²) in [6, 6.07) is 28.8. The number of benzene rings is 3. The predicted molar refractivity (Wildman–Crippen MR) is 124 cm³/mol. The monoisotopic (exact) mass is 401 g/mol. The second-order valence-electron chi connectivity index (χ2n) is 9.08. The maximum absolute atomic E-state index is 12.0. The van der Waals surface area contributed by atoms with Gasteiger partial charge in [-0.2, -0.15) is 0 Å². The molecule has 0 bridgehead atoms. The number of rotatable bonds is 8. The van der Waals surface area contributed by atoms with Crippen molar-refractivity contribution in [3.05, 3.63) is 102 Å². The summed E-state index contributed by atoms with van der Waals surface area (Å²) < 4.78 is 0. The van der Waals surface area contributed by atoms with Gasteiger partial charge in [0, 0.05) is 18.8 Å². The van der Waals surface area contributed by atoms with Gasteiger partial charge in [0.2, 0.25) is 0 Å². The Morgan fingerprint density at radius 1 is 0.833 bits per heavy atom. The number of carbonyl (C=O) groups is 1. The van der Waals surface area contributed by atoms with E-state index in [4.69, 9.17) is 0 Å². The van der Waals surface area contributed by atoms with Crippen molar-refractivity contribution in [1.82, 2.24) is 0 Å². The van der Waals surface area contributed by atoms with Crippen LogP contribution in [0.15, 0.2) is 84.9 Å². The molecule has 3 nitrogen and oxygen atoms in total. The first-order chi connectivity index (χ1) is 14.3. The van der Waals surface area contributed by atoms with Gasteiger partial charge in [-0.15, -0.1) is 0 Å². The zero-order valence-corrected chi connectivity index (χ0v) is 18.1. The molecule has 3 rings (SSSR count). The molecular weight excluding hydrogens is 370 g/mol. The van der Waals surface area contributed by atoms with E-state index >= 15 is 0 Å². The van der Waals surface area contributed by atoms with E-state index in [0.29, 0.717) is 6.42 Å². The van der Waals surface area contributed by atoms with E-state index in [1.165, 1.54) is 11.1 Å². The Labute approximate surface area is 180 Å². The molecule has 0 radical (unpaired) electrons. The summed E-state index contributed by atoms with van der Waals surface area (Å²) in [4.78, 5) is 14.3.